The monoisotopic (exact) mass is 235 g/mol. The molecule has 1 N–H and O–H groups in total. The fourth-order valence-corrected chi connectivity index (χ4v) is 2.93. The number of fused-ring (bicyclic) bond motifs is 1. The molecule has 0 fully saturated rings. The lowest BCUT2D eigenvalue weighted by molar-refractivity contribution is 0.155. The summed E-state index contributed by atoms with van der Waals surface area (Å²) >= 11 is 0. The molecule has 2 unspecified atom stereocenters. The molecule has 1 aromatic rings. The molecule has 1 aliphatic rings. The molecule has 2 atom stereocenters. The minimum absolute atomic E-state index is 0.220. The molecule has 0 spiro atoms. The first-order valence-corrected chi connectivity index (χ1v) is 7.11. The maximum absolute atomic E-state index is 9.96. The number of hydrogen-bond donors (Lipinski definition) is 1. The maximum Gasteiger partial charge on any atom is 0.0807 e. The number of aliphatic hydroxyl groups is 1. The normalized spacial score (nSPS) is 21.2. The van der Waals surface area contributed by atoms with E-state index in [1.54, 1.807) is 0 Å². The van der Waals surface area contributed by atoms with Gasteiger partial charge >= 0.3 is 0 Å². The second-order valence-corrected chi connectivity index (χ2v) is 5.38. The van der Waals surface area contributed by atoms with Gasteiger partial charge in [-0.15, -0.1) is 0 Å². The van der Waals surface area contributed by atoms with Crippen LogP contribution >= 0.6 is 0 Å². The first-order chi connectivity index (χ1) is 8.24. The highest BCUT2D eigenvalue weighted by atomic mass is 16.3. The highest BCUT2D eigenvalue weighted by molar-refractivity contribution is 5.27. The van der Waals surface area contributed by atoms with Crippen LogP contribution < -0.4 is 0 Å². The SMILES string of the molecule is CCCCCC(C)n1ccc2c1CCCC2O. The van der Waals surface area contributed by atoms with E-state index in [0.29, 0.717) is 6.04 Å². The van der Waals surface area contributed by atoms with E-state index in [1.807, 2.05) is 0 Å². The molecule has 2 heteroatoms. The van der Waals surface area contributed by atoms with Crippen LogP contribution in [0.15, 0.2) is 12.3 Å². The molecule has 0 saturated carbocycles. The van der Waals surface area contributed by atoms with E-state index >= 15 is 0 Å². The summed E-state index contributed by atoms with van der Waals surface area (Å²) in [6.45, 7) is 4.55. The van der Waals surface area contributed by atoms with Crippen LogP contribution in [0.4, 0.5) is 0 Å². The van der Waals surface area contributed by atoms with E-state index in [1.165, 1.54) is 36.9 Å². The van der Waals surface area contributed by atoms with Gasteiger partial charge in [-0.3, -0.25) is 0 Å². The first kappa shape index (κ1) is 12.7. The largest absolute Gasteiger partial charge is 0.388 e. The Hall–Kier alpha value is -0.760. The van der Waals surface area contributed by atoms with E-state index in [4.69, 9.17) is 0 Å². The molecule has 1 aromatic heterocycles. The lowest BCUT2D eigenvalue weighted by Gasteiger charge is -2.23. The van der Waals surface area contributed by atoms with Crippen LogP contribution in [-0.2, 0) is 6.42 Å². The minimum atomic E-state index is -0.220. The van der Waals surface area contributed by atoms with Gasteiger partial charge in [0.15, 0.2) is 0 Å². The van der Waals surface area contributed by atoms with Crippen molar-refractivity contribution >= 4 is 0 Å². The van der Waals surface area contributed by atoms with Crippen molar-refractivity contribution in [3.8, 4) is 0 Å². The third-order valence-corrected chi connectivity index (χ3v) is 4.01. The molecule has 0 aliphatic heterocycles. The summed E-state index contributed by atoms with van der Waals surface area (Å²) in [5.41, 5.74) is 2.56. The van der Waals surface area contributed by atoms with Gasteiger partial charge < -0.3 is 9.67 Å². The average Bonchev–Trinajstić information content (AvgIpc) is 2.74. The van der Waals surface area contributed by atoms with E-state index in [2.05, 4.69) is 30.7 Å². The molecule has 0 bridgehead atoms. The van der Waals surface area contributed by atoms with Crippen molar-refractivity contribution in [1.29, 1.82) is 0 Å². The van der Waals surface area contributed by atoms with Crippen molar-refractivity contribution in [3.63, 3.8) is 0 Å². The van der Waals surface area contributed by atoms with Crippen LogP contribution in [0, 0.1) is 0 Å². The summed E-state index contributed by atoms with van der Waals surface area (Å²) in [5, 5.41) is 9.96. The second kappa shape index (κ2) is 5.72. The van der Waals surface area contributed by atoms with Crippen molar-refractivity contribution in [2.45, 2.75) is 70.9 Å². The van der Waals surface area contributed by atoms with Gasteiger partial charge in [0, 0.05) is 23.5 Å². The number of nitrogens with zero attached hydrogens (tertiary/aromatic N) is 1. The van der Waals surface area contributed by atoms with Crippen molar-refractivity contribution in [1.82, 2.24) is 4.57 Å². The van der Waals surface area contributed by atoms with E-state index in [9.17, 15) is 5.11 Å². The fourth-order valence-electron chi connectivity index (χ4n) is 2.93. The zero-order valence-electron chi connectivity index (χ0n) is 11.2. The Balaban J connectivity index is 2.05. The Morgan fingerprint density at radius 2 is 2.29 bits per heavy atom. The topological polar surface area (TPSA) is 25.2 Å². The summed E-state index contributed by atoms with van der Waals surface area (Å²) in [6, 6.07) is 2.70. The van der Waals surface area contributed by atoms with Crippen LogP contribution in [0.2, 0.25) is 0 Å². The van der Waals surface area contributed by atoms with Gasteiger partial charge in [0.05, 0.1) is 6.10 Å². The molecular formula is C15H25NO. The summed E-state index contributed by atoms with van der Waals surface area (Å²) < 4.78 is 2.40. The second-order valence-electron chi connectivity index (χ2n) is 5.38. The number of aliphatic hydroxyl groups excluding tert-OH is 1. The molecule has 0 saturated heterocycles. The standard InChI is InChI=1S/C15H25NO/c1-3-4-5-7-12(2)16-11-10-13-14(16)8-6-9-15(13)17/h10-12,15,17H,3-9H2,1-2H3. The molecule has 0 aromatic carbocycles. The Bertz CT molecular complexity index is 356. The Labute approximate surface area is 105 Å². The molecule has 1 aliphatic carbocycles. The molecular weight excluding hydrogens is 210 g/mol. The van der Waals surface area contributed by atoms with Crippen LogP contribution in [0.3, 0.4) is 0 Å². The summed E-state index contributed by atoms with van der Waals surface area (Å²) in [6.07, 6.45) is 10.3. The van der Waals surface area contributed by atoms with Gasteiger partial charge in [-0.2, -0.15) is 0 Å². The molecule has 0 amide bonds. The van der Waals surface area contributed by atoms with Gasteiger partial charge in [-0.1, -0.05) is 26.2 Å². The highest BCUT2D eigenvalue weighted by Crippen LogP contribution is 2.32. The number of hydrogen-bond acceptors (Lipinski definition) is 1. The van der Waals surface area contributed by atoms with Gasteiger partial charge in [0.25, 0.3) is 0 Å². The summed E-state index contributed by atoms with van der Waals surface area (Å²) in [4.78, 5) is 0. The quantitative estimate of drug-likeness (QED) is 0.767. The Morgan fingerprint density at radius 3 is 3.06 bits per heavy atom. The van der Waals surface area contributed by atoms with E-state index < -0.39 is 0 Å². The molecule has 0 radical (unpaired) electrons. The van der Waals surface area contributed by atoms with Gasteiger partial charge in [-0.05, 0) is 38.7 Å². The average molecular weight is 235 g/mol. The third kappa shape index (κ3) is 2.74. The lowest BCUT2D eigenvalue weighted by atomic mass is 9.95. The van der Waals surface area contributed by atoms with Gasteiger partial charge in [0.1, 0.15) is 0 Å². The van der Waals surface area contributed by atoms with Gasteiger partial charge in [-0.25, -0.2) is 0 Å². The molecule has 2 nitrogen and oxygen atoms in total. The fraction of sp³-hybridized carbons (Fsp3) is 0.733. The van der Waals surface area contributed by atoms with Crippen LogP contribution in [-0.4, -0.2) is 9.67 Å². The lowest BCUT2D eigenvalue weighted by Crippen LogP contribution is -2.14. The number of aromatic nitrogens is 1. The third-order valence-electron chi connectivity index (χ3n) is 4.01. The minimum Gasteiger partial charge on any atom is -0.388 e. The maximum atomic E-state index is 9.96. The van der Waals surface area contributed by atoms with Crippen molar-refractivity contribution in [3.05, 3.63) is 23.5 Å². The predicted molar refractivity (Wildman–Crippen MR) is 71.2 cm³/mol. The predicted octanol–water partition coefficient (Wildman–Crippen LogP) is 4.00. The molecule has 17 heavy (non-hydrogen) atoms. The van der Waals surface area contributed by atoms with E-state index in [-0.39, 0.29) is 6.10 Å². The highest BCUT2D eigenvalue weighted by Gasteiger charge is 2.22. The summed E-state index contributed by atoms with van der Waals surface area (Å²) in [7, 11) is 0. The van der Waals surface area contributed by atoms with Crippen molar-refractivity contribution < 1.29 is 5.11 Å². The number of rotatable bonds is 5. The zero-order valence-corrected chi connectivity index (χ0v) is 11.2. The molecule has 96 valence electrons. The van der Waals surface area contributed by atoms with E-state index in [0.717, 1.165) is 19.3 Å². The van der Waals surface area contributed by atoms with Crippen molar-refractivity contribution in [2.75, 3.05) is 0 Å². The van der Waals surface area contributed by atoms with Crippen LogP contribution in [0.5, 0.6) is 0 Å². The number of unbranched alkanes of at least 4 members (excludes halogenated alkanes) is 2. The molecule has 2 rings (SSSR count). The van der Waals surface area contributed by atoms with Gasteiger partial charge in [0.2, 0.25) is 0 Å². The van der Waals surface area contributed by atoms with Crippen LogP contribution in [0.25, 0.3) is 0 Å². The first-order valence-electron chi connectivity index (χ1n) is 7.11. The molecule has 1 heterocycles. The Morgan fingerprint density at radius 1 is 1.47 bits per heavy atom. The van der Waals surface area contributed by atoms with Crippen molar-refractivity contribution in [2.24, 2.45) is 0 Å². The Kier molecular flexibility index (Phi) is 4.27. The summed E-state index contributed by atoms with van der Waals surface area (Å²) in [5.74, 6) is 0. The smallest absolute Gasteiger partial charge is 0.0807 e. The zero-order chi connectivity index (χ0) is 12.3. The van der Waals surface area contributed by atoms with Crippen LogP contribution in [0.1, 0.15) is 75.8 Å².